The van der Waals surface area contributed by atoms with Crippen molar-refractivity contribution < 1.29 is 18.0 Å². The summed E-state index contributed by atoms with van der Waals surface area (Å²) in [4.78, 5) is 25.4. The highest BCUT2D eigenvalue weighted by molar-refractivity contribution is 5.94. The zero-order valence-electron chi connectivity index (χ0n) is 16.3. The van der Waals surface area contributed by atoms with Crippen LogP contribution in [-0.2, 0) is 6.18 Å². The van der Waals surface area contributed by atoms with Crippen molar-refractivity contribution in [2.45, 2.75) is 13.1 Å². The molecule has 2 aromatic heterocycles. The third-order valence-corrected chi connectivity index (χ3v) is 5.03. The normalized spacial score (nSPS) is 14.8. The summed E-state index contributed by atoms with van der Waals surface area (Å²) in [5.74, 6) is 1.94. The van der Waals surface area contributed by atoms with Gasteiger partial charge >= 0.3 is 6.18 Å². The summed E-state index contributed by atoms with van der Waals surface area (Å²) in [6.07, 6.45) is -0.596. The van der Waals surface area contributed by atoms with Crippen molar-refractivity contribution in [3.8, 4) is 5.82 Å². The molecule has 0 saturated carbocycles. The van der Waals surface area contributed by atoms with Crippen LogP contribution < -0.4 is 4.90 Å². The summed E-state index contributed by atoms with van der Waals surface area (Å²) in [7, 11) is 0. The van der Waals surface area contributed by atoms with Gasteiger partial charge in [-0.3, -0.25) is 4.79 Å². The number of amides is 1. The highest BCUT2D eigenvalue weighted by Crippen LogP contribution is 2.29. The molecule has 0 unspecified atom stereocenters. The Balaban J connectivity index is 1.43. The van der Waals surface area contributed by atoms with Crippen molar-refractivity contribution in [1.82, 2.24) is 19.4 Å². The number of aromatic nitrogens is 3. The van der Waals surface area contributed by atoms with Crippen molar-refractivity contribution in [3.63, 3.8) is 0 Å². The number of anilines is 1. The predicted molar refractivity (Wildman–Crippen MR) is 106 cm³/mol. The first-order chi connectivity index (χ1) is 14.3. The molecule has 0 spiro atoms. The van der Waals surface area contributed by atoms with Crippen molar-refractivity contribution in [2.24, 2.45) is 0 Å². The van der Waals surface area contributed by atoms with E-state index in [1.54, 1.807) is 4.90 Å². The van der Waals surface area contributed by atoms with Crippen LogP contribution >= 0.6 is 0 Å². The summed E-state index contributed by atoms with van der Waals surface area (Å²) in [6, 6.07) is 10.1. The SMILES string of the molecule is Cc1nc(N2CCN(C(=O)c3ccc(C(F)(F)F)cc3)CC2)cc(-n2cccc2)n1. The minimum Gasteiger partial charge on any atom is -0.353 e. The van der Waals surface area contributed by atoms with Crippen LogP contribution in [0.15, 0.2) is 54.9 Å². The molecule has 0 N–H and O–H groups in total. The van der Waals surface area contributed by atoms with Crippen LogP contribution in [0, 0.1) is 6.92 Å². The van der Waals surface area contributed by atoms with Crippen LogP contribution in [0.5, 0.6) is 0 Å². The molecule has 3 heterocycles. The monoisotopic (exact) mass is 415 g/mol. The van der Waals surface area contributed by atoms with Crippen molar-refractivity contribution >= 4 is 11.7 Å². The van der Waals surface area contributed by atoms with E-state index < -0.39 is 11.7 Å². The number of hydrogen-bond acceptors (Lipinski definition) is 4. The fourth-order valence-electron chi connectivity index (χ4n) is 3.44. The third-order valence-electron chi connectivity index (χ3n) is 5.03. The Hall–Kier alpha value is -3.36. The molecule has 0 aliphatic carbocycles. The first-order valence-electron chi connectivity index (χ1n) is 9.52. The van der Waals surface area contributed by atoms with E-state index >= 15 is 0 Å². The molecule has 0 bridgehead atoms. The highest BCUT2D eigenvalue weighted by atomic mass is 19.4. The Morgan fingerprint density at radius 2 is 1.53 bits per heavy atom. The topological polar surface area (TPSA) is 54.3 Å². The Bertz CT molecular complexity index is 1020. The molecular weight excluding hydrogens is 395 g/mol. The minimum absolute atomic E-state index is 0.254. The number of piperazine rings is 1. The molecule has 1 aromatic carbocycles. The lowest BCUT2D eigenvalue weighted by atomic mass is 10.1. The Morgan fingerprint density at radius 3 is 2.13 bits per heavy atom. The number of hydrogen-bond donors (Lipinski definition) is 0. The second kappa shape index (κ2) is 7.81. The number of carbonyl (C=O) groups is 1. The maximum absolute atomic E-state index is 12.7. The van der Waals surface area contributed by atoms with Crippen LogP contribution in [0.25, 0.3) is 5.82 Å². The van der Waals surface area contributed by atoms with Gasteiger partial charge in [-0.25, -0.2) is 9.97 Å². The Labute approximate surface area is 171 Å². The number of alkyl halides is 3. The zero-order chi connectivity index (χ0) is 21.3. The van der Waals surface area contributed by atoms with E-state index in [2.05, 4.69) is 14.9 Å². The van der Waals surface area contributed by atoms with Gasteiger partial charge in [-0.05, 0) is 43.3 Å². The summed E-state index contributed by atoms with van der Waals surface area (Å²) >= 11 is 0. The molecule has 1 fully saturated rings. The molecular formula is C21H20F3N5O. The summed E-state index contributed by atoms with van der Waals surface area (Å²) in [5.41, 5.74) is -0.509. The molecule has 3 aromatic rings. The van der Waals surface area contributed by atoms with E-state index in [0.29, 0.717) is 32.0 Å². The van der Waals surface area contributed by atoms with Crippen LogP contribution in [0.4, 0.5) is 19.0 Å². The largest absolute Gasteiger partial charge is 0.416 e. The van der Waals surface area contributed by atoms with Gasteiger partial charge in [0.15, 0.2) is 0 Å². The molecule has 9 heteroatoms. The molecule has 6 nitrogen and oxygen atoms in total. The summed E-state index contributed by atoms with van der Waals surface area (Å²) < 4.78 is 40.0. The first-order valence-corrected chi connectivity index (χ1v) is 9.52. The third kappa shape index (κ3) is 4.14. The number of aryl methyl sites for hydroxylation is 1. The van der Waals surface area contributed by atoms with Crippen LogP contribution in [0.2, 0.25) is 0 Å². The fourth-order valence-corrected chi connectivity index (χ4v) is 3.44. The van der Waals surface area contributed by atoms with E-state index in [0.717, 1.165) is 23.8 Å². The van der Waals surface area contributed by atoms with E-state index in [9.17, 15) is 18.0 Å². The van der Waals surface area contributed by atoms with Gasteiger partial charge in [0.1, 0.15) is 17.5 Å². The second-order valence-electron chi connectivity index (χ2n) is 7.08. The number of halogens is 3. The number of nitrogens with zero attached hydrogens (tertiary/aromatic N) is 5. The molecule has 156 valence electrons. The van der Waals surface area contributed by atoms with Gasteiger partial charge in [-0.1, -0.05) is 0 Å². The predicted octanol–water partition coefficient (Wildman–Crippen LogP) is 3.56. The molecule has 0 radical (unpaired) electrons. The average Bonchev–Trinajstić information content (AvgIpc) is 3.27. The quantitative estimate of drug-likeness (QED) is 0.657. The van der Waals surface area contributed by atoms with E-state index in [4.69, 9.17) is 0 Å². The number of benzene rings is 1. The van der Waals surface area contributed by atoms with Gasteiger partial charge in [0, 0.05) is 50.2 Å². The van der Waals surface area contributed by atoms with Gasteiger partial charge in [0.25, 0.3) is 5.91 Å². The Morgan fingerprint density at radius 1 is 0.933 bits per heavy atom. The smallest absolute Gasteiger partial charge is 0.353 e. The highest BCUT2D eigenvalue weighted by Gasteiger charge is 2.31. The first kappa shape index (κ1) is 19.9. The van der Waals surface area contributed by atoms with Gasteiger partial charge in [0.05, 0.1) is 5.56 Å². The summed E-state index contributed by atoms with van der Waals surface area (Å²) in [5, 5.41) is 0. The molecule has 1 amide bonds. The number of rotatable bonds is 3. The zero-order valence-corrected chi connectivity index (χ0v) is 16.3. The van der Waals surface area contributed by atoms with Crippen molar-refractivity contribution in [2.75, 3.05) is 31.1 Å². The van der Waals surface area contributed by atoms with Crippen molar-refractivity contribution in [3.05, 3.63) is 71.8 Å². The maximum atomic E-state index is 12.7. The van der Waals surface area contributed by atoms with E-state index in [1.807, 2.05) is 42.1 Å². The Kier molecular flexibility index (Phi) is 5.19. The lowest BCUT2D eigenvalue weighted by Crippen LogP contribution is -2.49. The van der Waals surface area contributed by atoms with Gasteiger partial charge in [-0.2, -0.15) is 13.2 Å². The van der Waals surface area contributed by atoms with Gasteiger partial charge < -0.3 is 14.4 Å². The van der Waals surface area contributed by atoms with Crippen LogP contribution in [0.1, 0.15) is 21.7 Å². The van der Waals surface area contributed by atoms with E-state index in [-0.39, 0.29) is 11.5 Å². The maximum Gasteiger partial charge on any atom is 0.416 e. The molecule has 1 aliphatic rings. The molecule has 0 atom stereocenters. The molecule has 1 aliphatic heterocycles. The minimum atomic E-state index is -4.41. The summed E-state index contributed by atoms with van der Waals surface area (Å²) in [6.45, 7) is 3.91. The second-order valence-corrected chi connectivity index (χ2v) is 7.08. The molecule has 30 heavy (non-hydrogen) atoms. The van der Waals surface area contributed by atoms with Crippen LogP contribution in [-0.4, -0.2) is 51.5 Å². The standard InChI is InChI=1S/C21H20F3N5O/c1-15-25-18(27-8-2-3-9-27)14-19(26-15)28-10-12-29(13-11-28)20(30)16-4-6-17(7-5-16)21(22,23)24/h2-9,14H,10-13H2,1H3. The average molecular weight is 415 g/mol. The number of carbonyl (C=O) groups excluding carboxylic acids is 1. The van der Waals surface area contributed by atoms with Crippen molar-refractivity contribution in [1.29, 1.82) is 0 Å². The van der Waals surface area contributed by atoms with Gasteiger partial charge in [-0.15, -0.1) is 0 Å². The van der Waals surface area contributed by atoms with E-state index in [1.165, 1.54) is 12.1 Å². The fraction of sp³-hybridized carbons (Fsp3) is 0.286. The van der Waals surface area contributed by atoms with Gasteiger partial charge in [0.2, 0.25) is 0 Å². The lowest BCUT2D eigenvalue weighted by Gasteiger charge is -2.35. The molecule has 1 saturated heterocycles. The van der Waals surface area contributed by atoms with Crippen LogP contribution in [0.3, 0.4) is 0 Å². The lowest BCUT2D eigenvalue weighted by molar-refractivity contribution is -0.137. The molecule has 4 rings (SSSR count).